The molecular weight excluding hydrogens is 592 g/mol. The highest BCUT2D eigenvalue weighted by molar-refractivity contribution is 5.86. The molecule has 4 unspecified atom stereocenters. The van der Waals surface area contributed by atoms with Crippen molar-refractivity contribution in [2.24, 2.45) is 28.1 Å². The van der Waals surface area contributed by atoms with Gasteiger partial charge in [0.2, 0.25) is 0 Å². The summed E-state index contributed by atoms with van der Waals surface area (Å²) >= 11 is 0. The van der Waals surface area contributed by atoms with Crippen LogP contribution >= 0.6 is 0 Å². The molecule has 0 saturated carbocycles. The summed E-state index contributed by atoms with van der Waals surface area (Å²) in [7, 11) is 0. The van der Waals surface area contributed by atoms with Crippen molar-refractivity contribution in [1.82, 2.24) is 4.98 Å². The number of aliphatic imine (C=N–C) groups is 1. The van der Waals surface area contributed by atoms with Gasteiger partial charge in [-0.05, 0) is 95.9 Å². The molecular formula is C37H51N6O4-. The van der Waals surface area contributed by atoms with E-state index in [0.717, 1.165) is 81.4 Å². The van der Waals surface area contributed by atoms with E-state index in [1.165, 1.54) is 22.6 Å². The highest BCUT2D eigenvalue weighted by Gasteiger charge is 2.32. The Labute approximate surface area is 277 Å². The molecule has 2 aromatic carbocycles. The standard InChI is InChI=1S/C37H51N6O4/c38-31(7-3-1-2-4-17-44)8-5-9-32-28(14-13-27-20-26-12-11-25(15-18-45)19-29(26)21-33(27)32)22-34(43-35-10-6-16-41-35)30(23-36(46)47)24-42-37(39)40/h6,10-12,16,18-21,23,28,31-32,34,41,44H,1-5,7-9,13-15,17,22,24,38H2,(H,46,47)(H4,39,40,42)/q-1. The van der Waals surface area contributed by atoms with Gasteiger partial charge < -0.3 is 42.5 Å². The number of fused-ring (bicyclic) bond motifs is 2. The van der Waals surface area contributed by atoms with Crippen molar-refractivity contribution in [2.75, 3.05) is 13.2 Å². The summed E-state index contributed by atoms with van der Waals surface area (Å²) in [6, 6.07) is 14.3. The first-order chi connectivity index (χ1) is 22.8. The number of unbranched alkanes of at least 4 members (excludes halogenated alkanes) is 3. The maximum Gasteiger partial charge on any atom is 0.328 e. The number of aromatic amines is 1. The number of carbonyl (C=O) groups is 2. The van der Waals surface area contributed by atoms with E-state index in [-0.39, 0.29) is 37.0 Å². The molecule has 0 saturated heterocycles. The van der Waals surface area contributed by atoms with Crippen LogP contribution in [0.4, 0.5) is 5.82 Å². The van der Waals surface area contributed by atoms with Gasteiger partial charge in [-0.1, -0.05) is 80.2 Å². The maximum absolute atomic E-state index is 11.9. The van der Waals surface area contributed by atoms with Gasteiger partial charge in [-0.2, -0.15) is 0 Å². The number of aliphatic hydroxyl groups excluding tert-OH is 1. The summed E-state index contributed by atoms with van der Waals surface area (Å²) in [6.45, 7) is 0.291. The maximum atomic E-state index is 11.9. The van der Waals surface area contributed by atoms with Gasteiger partial charge >= 0.3 is 5.97 Å². The van der Waals surface area contributed by atoms with Gasteiger partial charge in [0.25, 0.3) is 0 Å². The molecule has 1 aromatic heterocycles. The Morgan fingerprint density at radius 3 is 2.60 bits per heavy atom. The zero-order valence-electron chi connectivity index (χ0n) is 27.3. The van der Waals surface area contributed by atoms with E-state index in [2.05, 4.69) is 34.2 Å². The zero-order valence-corrected chi connectivity index (χ0v) is 27.3. The minimum Gasteiger partial charge on any atom is -0.478 e. The lowest BCUT2D eigenvalue weighted by Gasteiger charge is -2.39. The fraction of sp³-hybridized carbons (Fsp3) is 0.486. The number of rotatable bonds is 20. The molecule has 10 heteroatoms. The minimum atomic E-state index is -1.06. The molecule has 0 bridgehead atoms. The molecule has 0 aliphatic heterocycles. The number of aldehydes is 1. The summed E-state index contributed by atoms with van der Waals surface area (Å²) in [6.07, 6.45) is 14.7. The highest BCUT2D eigenvalue weighted by Crippen LogP contribution is 2.45. The third-order valence-corrected chi connectivity index (χ3v) is 9.39. The molecule has 3 aromatic rings. The van der Waals surface area contributed by atoms with Crippen molar-refractivity contribution in [1.29, 1.82) is 0 Å². The van der Waals surface area contributed by atoms with Crippen molar-refractivity contribution in [3.63, 3.8) is 0 Å². The second-order valence-corrected chi connectivity index (χ2v) is 12.9. The van der Waals surface area contributed by atoms with Crippen LogP contribution in [0, 0.1) is 5.92 Å². The monoisotopic (exact) mass is 643 g/mol. The molecule has 9 N–H and O–H groups in total. The van der Waals surface area contributed by atoms with Gasteiger partial charge in [-0.15, -0.1) is 0 Å². The van der Waals surface area contributed by atoms with Crippen molar-refractivity contribution in [3.05, 3.63) is 82.3 Å². The van der Waals surface area contributed by atoms with Gasteiger partial charge in [0.15, 0.2) is 5.96 Å². The average molecular weight is 644 g/mol. The molecule has 4 atom stereocenters. The van der Waals surface area contributed by atoms with Crippen LogP contribution < -0.4 is 17.2 Å². The van der Waals surface area contributed by atoms with E-state index in [4.69, 9.17) is 27.6 Å². The van der Waals surface area contributed by atoms with Gasteiger partial charge in [-0.3, -0.25) is 0 Å². The molecule has 1 aliphatic carbocycles. The molecule has 0 fully saturated rings. The van der Waals surface area contributed by atoms with Crippen LogP contribution in [-0.4, -0.2) is 58.6 Å². The molecule has 254 valence electrons. The Morgan fingerprint density at radius 1 is 1.06 bits per heavy atom. The molecule has 0 radical (unpaired) electrons. The Hall–Kier alpha value is -4.15. The Bertz CT molecular complexity index is 1500. The number of guanidine groups is 1. The number of carboxylic acid groups (broad SMARTS) is 1. The number of aromatic nitrogens is 1. The summed E-state index contributed by atoms with van der Waals surface area (Å²) in [4.78, 5) is 30.5. The SMILES string of the molecule is NC(N)=NCC(=CC(=O)O)C(CC1CCc2cc3ccc(CC=O)cc3cc2C1CCCC(N)CCCCCCO)[N-]c1ccc[nH]1. The van der Waals surface area contributed by atoms with Crippen LogP contribution in [-0.2, 0) is 22.4 Å². The summed E-state index contributed by atoms with van der Waals surface area (Å²) in [5, 5.41) is 26.1. The summed E-state index contributed by atoms with van der Waals surface area (Å²) in [5.41, 5.74) is 22.1. The fourth-order valence-corrected chi connectivity index (χ4v) is 7.01. The number of aliphatic hydroxyl groups is 1. The van der Waals surface area contributed by atoms with Gasteiger partial charge in [0.1, 0.15) is 6.29 Å². The number of aryl methyl sites for hydroxylation is 1. The molecule has 47 heavy (non-hydrogen) atoms. The molecule has 1 aliphatic rings. The van der Waals surface area contributed by atoms with Crippen LogP contribution in [0.5, 0.6) is 0 Å². The number of H-pyrrole nitrogens is 1. The number of nitrogens with zero attached hydrogens (tertiary/aromatic N) is 2. The van der Waals surface area contributed by atoms with Crippen molar-refractivity contribution in [3.8, 4) is 0 Å². The first-order valence-electron chi connectivity index (χ1n) is 17.0. The number of hydrogen-bond donors (Lipinski definition) is 6. The van der Waals surface area contributed by atoms with E-state index >= 15 is 0 Å². The molecule has 10 nitrogen and oxygen atoms in total. The predicted octanol–water partition coefficient (Wildman–Crippen LogP) is 5.74. The second-order valence-electron chi connectivity index (χ2n) is 12.9. The Morgan fingerprint density at radius 2 is 1.87 bits per heavy atom. The number of carbonyl (C=O) groups excluding carboxylic acids is 1. The van der Waals surface area contributed by atoms with Crippen LogP contribution in [0.15, 0.2) is 65.3 Å². The van der Waals surface area contributed by atoms with Crippen molar-refractivity contribution < 1.29 is 19.8 Å². The third-order valence-electron chi connectivity index (χ3n) is 9.39. The van der Waals surface area contributed by atoms with Gasteiger partial charge in [-0.25, -0.2) is 9.79 Å². The number of hydrogen-bond acceptors (Lipinski definition) is 5. The Kier molecular flexibility index (Phi) is 13.9. The molecule has 0 amide bonds. The van der Waals surface area contributed by atoms with Crippen LogP contribution in [0.2, 0.25) is 0 Å². The molecule has 1 heterocycles. The summed E-state index contributed by atoms with van der Waals surface area (Å²) in [5.74, 6) is -0.0404. The largest absolute Gasteiger partial charge is 0.478 e. The fourth-order valence-electron chi connectivity index (χ4n) is 7.01. The van der Waals surface area contributed by atoms with Crippen molar-refractivity contribution >= 4 is 34.8 Å². The van der Waals surface area contributed by atoms with E-state index in [1.54, 1.807) is 6.20 Å². The minimum absolute atomic E-state index is 0.0504. The number of benzene rings is 2. The van der Waals surface area contributed by atoms with Gasteiger partial charge in [0.05, 0.1) is 6.54 Å². The number of nitrogens with two attached hydrogens (primary N) is 3. The average Bonchev–Trinajstić information content (AvgIpc) is 3.56. The quantitative estimate of drug-likeness (QED) is 0.0297. The van der Waals surface area contributed by atoms with Crippen LogP contribution in [0.3, 0.4) is 0 Å². The first-order valence-corrected chi connectivity index (χ1v) is 17.0. The number of nitrogens with one attached hydrogen (secondary N) is 1. The number of aliphatic carboxylic acids is 1. The smallest absolute Gasteiger partial charge is 0.328 e. The number of carboxylic acids is 1. The highest BCUT2D eigenvalue weighted by atomic mass is 16.4. The predicted molar refractivity (Wildman–Crippen MR) is 189 cm³/mol. The lowest BCUT2D eigenvalue weighted by Crippen LogP contribution is -2.28. The molecule has 4 rings (SSSR count). The first kappa shape index (κ1) is 35.7. The van der Waals surface area contributed by atoms with E-state index in [1.807, 2.05) is 18.2 Å². The normalized spacial score (nSPS) is 17.5. The lowest BCUT2D eigenvalue weighted by molar-refractivity contribution is -0.131. The Balaban J connectivity index is 1.63. The second kappa shape index (κ2) is 18.3. The third kappa shape index (κ3) is 11.0. The molecule has 0 spiro atoms. The van der Waals surface area contributed by atoms with Crippen LogP contribution in [0.1, 0.15) is 86.8 Å². The van der Waals surface area contributed by atoms with E-state index in [9.17, 15) is 14.7 Å². The van der Waals surface area contributed by atoms with E-state index < -0.39 is 12.0 Å². The zero-order chi connectivity index (χ0) is 33.6. The topological polar surface area (TPSA) is 195 Å². The van der Waals surface area contributed by atoms with E-state index in [0.29, 0.717) is 24.2 Å². The van der Waals surface area contributed by atoms with Gasteiger partial charge in [0, 0.05) is 25.1 Å². The van der Waals surface area contributed by atoms with Crippen LogP contribution in [0.25, 0.3) is 16.1 Å². The lowest BCUT2D eigenvalue weighted by atomic mass is 9.69. The summed E-state index contributed by atoms with van der Waals surface area (Å²) < 4.78 is 0. The van der Waals surface area contributed by atoms with Crippen molar-refractivity contribution in [2.45, 2.75) is 95.1 Å².